The first-order valence-corrected chi connectivity index (χ1v) is 7.85. The van der Waals surface area contributed by atoms with E-state index in [1.54, 1.807) is 13.3 Å². The number of hydrogen-bond acceptors (Lipinski definition) is 4. The van der Waals surface area contributed by atoms with Crippen molar-refractivity contribution in [3.05, 3.63) is 52.3 Å². The van der Waals surface area contributed by atoms with Crippen LogP contribution in [-0.4, -0.2) is 28.0 Å². The molecule has 0 amide bonds. The molecule has 23 heavy (non-hydrogen) atoms. The number of benzene rings is 2. The number of fused-ring (bicyclic) bond motifs is 1. The first kappa shape index (κ1) is 15.7. The number of hydrogen-bond donors (Lipinski definition) is 1. The highest BCUT2D eigenvalue weighted by atomic mass is 79.9. The number of aryl methyl sites for hydroxylation is 1. The van der Waals surface area contributed by atoms with Crippen LogP contribution in [0.2, 0.25) is 0 Å². The number of nitrogens with zero attached hydrogens (tertiary/aromatic N) is 3. The Morgan fingerprint density at radius 3 is 2.87 bits per heavy atom. The lowest BCUT2D eigenvalue weighted by molar-refractivity contribution is 0.268. The van der Waals surface area contributed by atoms with Gasteiger partial charge in [0.2, 0.25) is 0 Å². The first-order chi connectivity index (χ1) is 11.1. The molecule has 2 aromatic carbocycles. The molecular weight excluding hydrogens is 358 g/mol. The molecule has 0 aliphatic carbocycles. The summed E-state index contributed by atoms with van der Waals surface area (Å²) >= 11 is 3.45. The standard InChI is InChI=1S/C17H16BrN3O2/c1-21-15-5-4-13(8-14(15)20-17(21)10-22)19-9-11-7-12(18)3-6-16(11)23-2/h3-9,22H,10H2,1-2H3. The summed E-state index contributed by atoms with van der Waals surface area (Å²) in [6, 6.07) is 11.5. The molecule has 0 saturated carbocycles. The van der Waals surface area contributed by atoms with Gasteiger partial charge in [0.1, 0.15) is 18.2 Å². The Kier molecular flexibility index (Phi) is 4.45. The van der Waals surface area contributed by atoms with E-state index in [9.17, 15) is 5.11 Å². The smallest absolute Gasteiger partial charge is 0.135 e. The van der Waals surface area contributed by atoms with E-state index >= 15 is 0 Å². The lowest BCUT2D eigenvalue weighted by atomic mass is 10.2. The molecule has 0 bridgehead atoms. The van der Waals surface area contributed by atoms with E-state index in [-0.39, 0.29) is 6.61 Å². The van der Waals surface area contributed by atoms with Crippen molar-refractivity contribution in [1.29, 1.82) is 0 Å². The molecule has 6 heteroatoms. The summed E-state index contributed by atoms with van der Waals surface area (Å²) in [5.74, 6) is 1.40. The molecule has 0 aliphatic rings. The third kappa shape index (κ3) is 3.13. The molecule has 3 rings (SSSR count). The number of ether oxygens (including phenoxy) is 1. The average Bonchev–Trinajstić information content (AvgIpc) is 2.88. The van der Waals surface area contributed by atoms with Gasteiger partial charge in [-0.05, 0) is 36.4 Å². The first-order valence-electron chi connectivity index (χ1n) is 7.06. The van der Waals surface area contributed by atoms with E-state index < -0.39 is 0 Å². The monoisotopic (exact) mass is 373 g/mol. The zero-order valence-electron chi connectivity index (χ0n) is 12.8. The van der Waals surface area contributed by atoms with Crippen molar-refractivity contribution < 1.29 is 9.84 Å². The predicted molar refractivity (Wildman–Crippen MR) is 94.6 cm³/mol. The van der Waals surface area contributed by atoms with Crippen LogP contribution in [0.3, 0.4) is 0 Å². The van der Waals surface area contributed by atoms with E-state index in [0.29, 0.717) is 5.82 Å². The number of rotatable bonds is 4. The molecular formula is C17H16BrN3O2. The van der Waals surface area contributed by atoms with Crippen LogP contribution in [-0.2, 0) is 13.7 Å². The maximum absolute atomic E-state index is 9.29. The van der Waals surface area contributed by atoms with Gasteiger partial charge in [-0.1, -0.05) is 15.9 Å². The zero-order chi connectivity index (χ0) is 16.4. The third-order valence-electron chi connectivity index (χ3n) is 3.64. The van der Waals surface area contributed by atoms with Gasteiger partial charge in [-0.15, -0.1) is 0 Å². The molecule has 0 radical (unpaired) electrons. The van der Waals surface area contributed by atoms with Gasteiger partial charge < -0.3 is 14.4 Å². The number of aromatic nitrogens is 2. The van der Waals surface area contributed by atoms with E-state index in [2.05, 4.69) is 25.9 Å². The fourth-order valence-corrected chi connectivity index (χ4v) is 2.79. The van der Waals surface area contributed by atoms with Gasteiger partial charge in [0.25, 0.3) is 0 Å². The van der Waals surface area contributed by atoms with Crippen LogP contribution in [0.15, 0.2) is 45.9 Å². The number of aliphatic imine (C=N–C) groups is 1. The molecule has 0 spiro atoms. The van der Waals surface area contributed by atoms with Crippen molar-refractivity contribution in [2.45, 2.75) is 6.61 Å². The Morgan fingerprint density at radius 2 is 2.13 bits per heavy atom. The highest BCUT2D eigenvalue weighted by Gasteiger charge is 2.07. The van der Waals surface area contributed by atoms with Crippen molar-refractivity contribution in [3.63, 3.8) is 0 Å². The summed E-state index contributed by atoms with van der Waals surface area (Å²) in [5.41, 5.74) is 3.46. The molecule has 118 valence electrons. The summed E-state index contributed by atoms with van der Waals surface area (Å²) in [6.07, 6.45) is 1.76. The van der Waals surface area contributed by atoms with Gasteiger partial charge in [0, 0.05) is 23.3 Å². The normalized spacial score (nSPS) is 11.5. The van der Waals surface area contributed by atoms with E-state index in [1.165, 1.54) is 0 Å². The maximum Gasteiger partial charge on any atom is 0.135 e. The fourth-order valence-electron chi connectivity index (χ4n) is 2.41. The lowest BCUT2D eigenvalue weighted by Gasteiger charge is -2.04. The van der Waals surface area contributed by atoms with Gasteiger partial charge in [-0.3, -0.25) is 4.99 Å². The molecule has 0 unspecified atom stereocenters. The van der Waals surface area contributed by atoms with Gasteiger partial charge in [-0.25, -0.2) is 4.98 Å². The molecule has 1 heterocycles. The maximum atomic E-state index is 9.29. The van der Waals surface area contributed by atoms with Crippen LogP contribution in [0.1, 0.15) is 11.4 Å². The van der Waals surface area contributed by atoms with Gasteiger partial charge >= 0.3 is 0 Å². The number of halogens is 1. The quantitative estimate of drug-likeness (QED) is 0.710. The number of aliphatic hydroxyl groups is 1. The van der Waals surface area contributed by atoms with Crippen LogP contribution in [0.5, 0.6) is 5.75 Å². The Morgan fingerprint density at radius 1 is 1.30 bits per heavy atom. The predicted octanol–water partition coefficient (Wildman–Crippen LogP) is 3.59. The molecule has 0 atom stereocenters. The Hall–Kier alpha value is -2.18. The van der Waals surface area contributed by atoms with Crippen LogP contribution < -0.4 is 4.74 Å². The number of aliphatic hydroxyl groups excluding tert-OH is 1. The summed E-state index contributed by atoms with van der Waals surface area (Å²) < 4.78 is 8.18. The lowest BCUT2D eigenvalue weighted by Crippen LogP contribution is -1.96. The Labute approximate surface area is 142 Å². The minimum Gasteiger partial charge on any atom is -0.496 e. The van der Waals surface area contributed by atoms with Crippen LogP contribution >= 0.6 is 15.9 Å². The van der Waals surface area contributed by atoms with Crippen molar-refractivity contribution in [2.24, 2.45) is 12.0 Å². The van der Waals surface area contributed by atoms with E-state index in [4.69, 9.17) is 4.74 Å². The zero-order valence-corrected chi connectivity index (χ0v) is 14.4. The summed E-state index contributed by atoms with van der Waals surface area (Å²) in [4.78, 5) is 8.90. The second-order valence-corrected chi connectivity index (χ2v) is 5.98. The number of imidazole rings is 1. The highest BCUT2D eigenvalue weighted by Crippen LogP contribution is 2.24. The molecule has 0 saturated heterocycles. The molecule has 0 fully saturated rings. The second-order valence-electron chi connectivity index (χ2n) is 5.06. The van der Waals surface area contributed by atoms with Crippen molar-refractivity contribution >= 4 is 38.9 Å². The van der Waals surface area contributed by atoms with E-state index in [0.717, 1.165) is 32.5 Å². The SMILES string of the molecule is COc1ccc(Br)cc1C=Nc1ccc2c(c1)nc(CO)n2C. The number of methoxy groups -OCH3 is 1. The van der Waals surface area contributed by atoms with Gasteiger partial charge in [0.15, 0.2) is 0 Å². The minimum absolute atomic E-state index is 0.0843. The summed E-state index contributed by atoms with van der Waals surface area (Å²) in [6.45, 7) is -0.0843. The van der Waals surface area contributed by atoms with Crippen molar-refractivity contribution in [2.75, 3.05) is 7.11 Å². The molecule has 5 nitrogen and oxygen atoms in total. The molecule has 1 aromatic heterocycles. The Bertz CT molecular complexity index is 887. The average molecular weight is 374 g/mol. The van der Waals surface area contributed by atoms with Gasteiger partial charge in [-0.2, -0.15) is 0 Å². The minimum atomic E-state index is -0.0843. The van der Waals surface area contributed by atoms with E-state index in [1.807, 2.05) is 48.0 Å². The van der Waals surface area contributed by atoms with Crippen LogP contribution in [0, 0.1) is 0 Å². The second kappa shape index (κ2) is 6.52. The summed E-state index contributed by atoms with van der Waals surface area (Å²) in [7, 11) is 3.52. The largest absolute Gasteiger partial charge is 0.496 e. The van der Waals surface area contributed by atoms with Crippen LogP contribution in [0.25, 0.3) is 11.0 Å². The van der Waals surface area contributed by atoms with Crippen molar-refractivity contribution in [3.8, 4) is 5.75 Å². The van der Waals surface area contributed by atoms with Gasteiger partial charge in [0.05, 0.1) is 23.8 Å². The van der Waals surface area contributed by atoms with Crippen molar-refractivity contribution in [1.82, 2.24) is 9.55 Å². The van der Waals surface area contributed by atoms with Crippen LogP contribution in [0.4, 0.5) is 5.69 Å². The fraction of sp³-hybridized carbons (Fsp3) is 0.176. The summed E-state index contributed by atoms with van der Waals surface area (Å²) in [5, 5.41) is 9.29. The third-order valence-corrected chi connectivity index (χ3v) is 4.14. The highest BCUT2D eigenvalue weighted by molar-refractivity contribution is 9.10. The molecule has 1 N–H and O–H groups in total. The molecule has 0 aliphatic heterocycles. The Balaban J connectivity index is 1.97. The molecule has 3 aromatic rings. The topological polar surface area (TPSA) is 59.6 Å².